The summed E-state index contributed by atoms with van der Waals surface area (Å²) in [5, 5.41) is 4.44. The minimum absolute atomic E-state index is 0. The van der Waals surface area contributed by atoms with Crippen molar-refractivity contribution in [1.29, 1.82) is 0 Å². The lowest BCUT2D eigenvalue weighted by molar-refractivity contribution is 0.247. The van der Waals surface area contributed by atoms with Crippen LogP contribution in [0.25, 0.3) is 0 Å². The van der Waals surface area contributed by atoms with Crippen LogP contribution in [0.15, 0.2) is 30.3 Å². The summed E-state index contributed by atoms with van der Waals surface area (Å²) in [4.78, 5) is 14.5. The molecule has 3 rings (SSSR count). The second-order valence-electron chi connectivity index (χ2n) is 8.46. The van der Waals surface area contributed by atoms with Crippen LogP contribution in [0.4, 0.5) is 10.5 Å². The van der Waals surface area contributed by atoms with Crippen molar-refractivity contribution in [1.82, 2.24) is 5.32 Å². The lowest BCUT2D eigenvalue weighted by Crippen LogP contribution is -2.46. The Kier molecular flexibility index (Phi) is 12.0. The number of methoxy groups -OCH3 is 3. The van der Waals surface area contributed by atoms with Crippen molar-refractivity contribution in [3.63, 3.8) is 0 Å². The number of nitrogens with zero attached hydrogens (tertiary/aromatic N) is 1. The molecule has 1 fully saturated rings. The average molecular weight is 638 g/mol. The smallest absolute Gasteiger partial charge is 0.319 e. The molecule has 10 heteroatoms. The number of hydrogen-bond donors (Lipinski definition) is 2. The molecular weight excluding hydrogens is 604 g/mol. The average Bonchev–Trinajstić information content (AvgIpc) is 2.84. The number of aryl methyl sites for hydroxylation is 1. The molecule has 2 aromatic rings. The molecule has 1 heterocycles. The SMILES string of the molecule is COc1cc(N(C(N)=O)C(CCc2ccc(Cl)c(Cl)c2)CC2CCNCC2)cc(OC)c1OC.I. The highest BCUT2D eigenvalue weighted by Crippen LogP contribution is 2.42. The highest BCUT2D eigenvalue weighted by atomic mass is 127. The number of urea groups is 1. The number of amides is 2. The van der Waals surface area contributed by atoms with Crippen molar-refractivity contribution in [2.45, 2.75) is 38.1 Å². The fourth-order valence-electron chi connectivity index (χ4n) is 4.61. The van der Waals surface area contributed by atoms with E-state index in [9.17, 15) is 4.79 Å². The molecule has 7 nitrogen and oxygen atoms in total. The highest BCUT2D eigenvalue weighted by Gasteiger charge is 2.29. The summed E-state index contributed by atoms with van der Waals surface area (Å²) in [5.74, 6) is 1.88. The molecule has 3 N–H and O–H groups in total. The zero-order valence-electron chi connectivity index (χ0n) is 20.3. The van der Waals surface area contributed by atoms with Crippen LogP contribution in [-0.4, -0.2) is 46.5 Å². The number of primary amides is 1. The van der Waals surface area contributed by atoms with Gasteiger partial charge in [-0.15, -0.1) is 24.0 Å². The Morgan fingerprint density at radius 1 is 1.06 bits per heavy atom. The van der Waals surface area contributed by atoms with Gasteiger partial charge in [0, 0.05) is 18.2 Å². The van der Waals surface area contributed by atoms with Crippen LogP contribution >= 0.6 is 47.2 Å². The third-order valence-corrected chi connectivity index (χ3v) is 7.08. The van der Waals surface area contributed by atoms with Gasteiger partial charge in [0.15, 0.2) is 11.5 Å². The summed E-state index contributed by atoms with van der Waals surface area (Å²) in [6, 6.07) is 8.51. The fourth-order valence-corrected chi connectivity index (χ4v) is 4.93. The van der Waals surface area contributed by atoms with Crippen LogP contribution < -0.4 is 30.2 Å². The lowest BCUT2D eigenvalue weighted by Gasteiger charge is -2.35. The molecule has 0 aromatic heterocycles. The molecule has 194 valence electrons. The van der Waals surface area contributed by atoms with E-state index in [1.807, 2.05) is 12.1 Å². The van der Waals surface area contributed by atoms with Gasteiger partial charge in [0.2, 0.25) is 5.75 Å². The standard InChI is InChI=1S/C25H33Cl2N3O4.HI/c1-32-22-14-19(15-23(33-2)24(22)34-3)30(25(28)31)18(12-17-8-10-29-11-9-17)6-4-16-5-7-20(26)21(27)13-16;/h5,7,13-15,17-18,29H,4,6,8-12H2,1-3H3,(H2,28,31);1H. The topological polar surface area (TPSA) is 86.1 Å². The number of carbonyl (C=O) groups excluding carboxylic acids is 1. The van der Waals surface area contributed by atoms with E-state index in [4.69, 9.17) is 43.1 Å². The minimum Gasteiger partial charge on any atom is -0.493 e. The first-order chi connectivity index (χ1) is 16.4. The Bertz CT molecular complexity index is 964. The van der Waals surface area contributed by atoms with Gasteiger partial charge in [-0.05, 0) is 68.8 Å². The first-order valence-electron chi connectivity index (χ1n) is 11.4. The third-order valence-electron chi connectivity index (χ3n) is 6.34. The predicted octanol–water partition coefficient (Wildman–Crippen LogP) is 5.91. The Morgan fingerprint density at radius 2 is 1.69 bits per heavy atom. The van der Waals surface area contributed by atoms with Crippen molar-refractivity contribution in [3.8, 4) is 17.2 Å². The molecule has 1 atom stereocenters. The van der Waals surface area contributed by atoms with E-state index in [2.05, 4.69) is 5.32 Å². The van der Waals surface area contributed by atoms with E-state index in [1.54, 1.807) is 44.4 Å². The Hall–Kier alpha value is -1.62. The van der Waals surface area contributed by atoms with Gasteiger partial charge in [0.25, 0.3) is 0 Å². The number of hydrogen-bond acceptors (Lipinski definition) is 5. The third kappa shape index (κ3) is 7.68. The van der Waals surface area contributed by atoms with Crippen molar-refractivity contribution >= 4 is 58.9 Å². The quantitative estimate of drug-likeness (QED) is 0.316. The first-order valence-corrected chi connectivity index (χ1v) is 12.2. The number of benzene rings is 2. The molecule has 0 saturated carbocycles. The van der Waals surface area contributed by atoms with E-state index in [-0.39, 0.29) is 30.0 Å². The van der Waals surface area contributed by atoms with E-state index in [0.717, 1.165) is 44.3 Å². The van der Waals surface area contributed by atoms with Gasteiger partial charge in [-0.25, -0.2) is 4.79 Å². The molecule has 35 heavy (non-hydrogen) atoms. The van der Waals surface area contributed by atoms with Crippen molar-refractivity contribution < 1.29 is 19.0 Å². The first kappa shape index (κ1) is 29.6. The van der Waals surface area contributed by atoms with Crippen LogP contribution in [0.3, 0.4) is 0 Å². The summed E-state index contributed by atoms with van der Waals surface area (Å²) >= 11 is 12.3. The van der Waals surface area contributed by atoms with Crippen LogP contribution in [0.5, 0.6) is 17.2 Å². The molecule has 1 aliphatic rings. The maximum atomic E-state index is 12.8. The van der Waals surface area contributed by atoms with E-state index < -0.39 is 6.03 Å². The molecule has 2 aromatic carbocycles. The van der Waals surface area contributed by atoms with Gasteiger partial charge >= 0.3 is 6.03 Å². The maximum Gasteiger partial charge on any atom is 0.319 e. The van der Waals surface area contributed by atoms with E-state index in [1.165, 1.54) is 0 Å². The molecular formula is C25H34Cl2IN3O4. The molecule has 0 bridgehead atoms. The summed E-state index contributed by atoms with van der Waals surface area (Å²) in [6.45, 7) is 1.95. The zero-order valence-corrected chi connectivity index (χ0v) is 24.2. The predicted molar refractivity (Wildman–Crippen MR) is 152 cm³/mol. The Balaban J connectivity index is 0.00000432. The maximum absolute atomic E-state index is 12.8. The lowest BCUT2D eigenvalue weighted by atomic mass is 9.88. The van der Waals surface area contributed by atoms with E-state index >= 15 is 0 Å². The van der Waals surface area contributed by atoms with E-state index in [0.29, 0.717) is 45.3 Å². The number of ether oxygens (including phenoxy) is 3. The number of piperidine rings is 1. The number of nitrogens with two attached hydrogens (primary N) is 1. The number of anilines is 1. The van der Waals surface area contributed by atoms with Gasteiger partial charge in [-0.2, -0.15) is 0 Å². The molecule has 2 amide bonds. The molecule has 0 spiro atoms. The van der Waals surface area contributed by atoms with Gasteiger partial charge in [-0.3, -0.25) is 4.90 Å². The van der Waals surface area contributed by atoms with Crippen molar-refractivity contribution in [3.05, 3.63) is 45.9 Å². The largest absolute Gasteiger partial charge is 0.493 e. The minimum atomic E-state index is -0.526. The second kappa shape index (κ2) is 14.2. The fraction of sp³-hybridized carbons (Fsp3) is 0.480. The number of carbonyl (C=O) groups is 1. The molecule has 1 saturated heterocycles. The number of halogens is 3. The molecule has 1 aliphatic heterocycles. The zero-order chi connectivity index (χ0) is 24.7. The summed E-state index contributed by atoms with van der Waals surface area (Å²) in [5.41, 5.74) is 7.63. The van der Waals surface area contributed by atoms with Crippen LogP contribution in [-0.2, 0) is 6.42 Å². The van der Waals surface area contributed by atoms with Crippen molar-refractivity contribution in [2.75, 3.05) is 39.3 Å². The van der Waals surface area contributed by atoms with Gasteiger partial charge < -0.3 is 25.3 Å². The van der Waals surface area contributed by atoms with Gasteiger partial charge in [0.1, 0.15) is 0 Å². The summed E-state index contributed by atoms with van der Waals surface area (Å²) in [6.07, 6.45) is 4.39. The Morgan fingerprint density at radius 3 is 2.20 bits per heavy atom. The van der Waals surface area contributed by atoms with Crippen molar-refractivity contribution in [2.24, 2.45) is 11.7 Å². The molecule has 0 radical (unpaired) electrons. The normalized spacial score (nSPS) is 14.5. The molecule has 1 unspecified atom stereocenters. The highest BCUT2D eigenvalue weighted by molar-refractivity contribution is 14.0. The second-order valence-corrected chi connectivity index (χ2v) is 9.28. The molecule has 0 aliphatic carbocycles. The number of nitrogens with one attached hydrogen (secondary N) is 1. The summed E-state index contributed by atoms with van der Waals surface area (Å²) in [7, 11) is 4.64. The van der Waals surface area contributed by atoms with Crippen LogP contribution in [0.2, 0.25) is 10.0 Å². The van der Waals surface area contributed by atoms with Crippen LogP contribution in [0.1, 0.15) is 31.2 Å². The van der Waals surface area contributed by atoms with Crippen LogP contribution in [0, 0.1) is 5.92 Å². The summed E-state index contributed by atoms with van der Waals surface area (Å²) < 4.78 is 16.5. The monoisotopic (exact) mass is 637 g/mol. The number of rotatable bonds is 10. The Labute approximate surface area is 234 Å². The van der Waals surface area contributed by atoms with Gasteiger partial charge in [0.05, 0.1) is 37.1 Å². The van der Waals surface area contributed by atoms with Gasteiger partial charge in [-0.1, -0.05) is 29.3 Å².